The Morgan fingerprint density at radius 1 is 1.03 bits per heavy atom. The van der Waals surface area contributed by atoms with Crippen LogP contribution in [0.15, 0.2) is 76.7 Å². The molecule has 0 aliphatic heterocycles. The fraction of sp³-hybridized carbons (Fsp3) is 0.200. The molecular weight excluding hydrogens is 490 g/mol. The van der Waals surface area contributed by atoms with Gasteiger partial charge in [-0.2, -0.15) is 9.41 Å². The molecule has 0 saturated carbocycles. The van der Waals surface area contributed by atoms with E-state index in [1.165, 1.54) is 32.6 Å². The van der Waals surface area contributed by atoms with Gasteiger partial charge in [0, 0.05) is 11.6 Å². The summed E-state index contributed by atoms with van der Waals surface area (Å²) in [5, 5.41) is 4.35. The highest BCUT2D eigenvalue weighted by Gasteiger charge is 2.27. The third-order valence-corrected chi connectivity index (χ3v) is 7.27. The molecule has 0 fully saturated rings. The van der Waals surface area contributed by atoms with Crippen LogP contribution in [0.2, 0.25) is 5.02 Å². The monoisotopic (exact) mass is 515 g/mol. The molecule has 10 heteroatoms. The SMILES string of the molecule is COc1ccc(/C=N\NC(=O)CN(Cc2ccccc2Cl)S(=O)(=O)c2ccc(C)cc2)cc1OC. The van der Waals surface area contributed by atoms with E-state index >= 15 is 0 Å². The van der Waals surface area contributed by atoms with Gasteiger partial charge in [0.25, 0.3) is 5.91 Å². The Morgan fingerprint density at radius 3 is 2.37 bits per heavy atom. The van der Waals surface area contributed by atoms with Crippen molar-refractivity contribution < 1.29 is 22.7 Å². The van der Waals surface area contributed by atoms with Crippen LogP contribution < -0.4 is 14.9 Å². The lowest BCUT2D eigenvalue weighted by Gasteiger charge is -2.22. The molecule has 1 amide bonds. The average molecular weight is 516 g/mol. The van der Waals surface area contributed by atoms with Crippen LogP contribution >= 0.6 is 11.6 Å². The van der Waals surface area contributed by atoms with E-state index in [1.807, 2.05) is 6.92 Å². The number of hydrazone groups is 1. The molecular formula is C25H26ClN3O5S. The molecule has 0 heterocycles. The second-order valence-corrected chi connectivity index (χ2v) is 9.93. The van der Waals surface area contributed by atoms with Crippen molar-refractivity contribution in [1.29, 1.82) is 0 Å². The number of sulfonamides is 1. The van der Waals surface area contributed by atoms with Gasteiger partial charge >= 0.3 is 0 Å². The second kappa shape index (κ2) is 11.8. The number of ether oxygens (including phenoxy) is 2. The van der Waals surface area contributed by atoms with Gasteiger partial charge in [-0.3, -0.25) is 4.79 Å². The first-order chi connectivity index (χ1) is 16.7. The van der Waals surface area contributed by atoms with Gasteiger partial charge in [-0.05, 0) is 54.4 Å². The molecule has 0 radical (unpaired) electrons. The molecule has 1 N–H and O–H groups in total. The largest absolute Gasteiger partial charge is 0.493 e. The van der Waals surface area contributed by atoms with E-state index in [4.69, 9.17) is 21.1 Å². The molecule has 0 aliphatic carbocycles. The van der Waals surface area contributed by atoms with E-state index in [-0.39, 0.29) is 11.4 Å². The molecule has 0 saturated heterocycles. The minimum atomic E-state index is -3.99. The lowest BCUT2D eigenvalue weighted by atomic mass is 10.2. The van der Waals surface area contributed by atoms with E-state index in [0.717, 1.165) is 9.87 Å². The van der Waals surface area contributed by atoms with Crippen LogP contribution in [-0.4, -0.2) is 45.6 Å². The quantitative estimate of drug-likeness (QED) is 0.325. The number of benzene rings is 3. The van der Waals surface area contributed by atoms with Gasteiger partial charge in [0.05, 0.1) is 31.9 Å². The Morgan fingerprint density at radius 2 is 1.71 bits per heavy atom. The van der Waals surface area contributed by atoms with Crippen LogP contribution in [0.4, 0.5) is 0 Å². The number of carbonyl (C=O) groups is 1. The van der Waals surface area contributed by atoms with Gasteiger partial charge in [0.1, 0.15) is 0 Å². The average Bonchev–Trinajstić information content (AvgIpc) is 2.85. The summed E-state index contributed by atoms with van der Waals surface area (Å²) in [6.07, 6.45) is 1.42. The summed E-state index contributed by atoms with van der Waals surface area (Å²) < 4.78 is 38.2. The Bertz CT molecular complexity index is 1310. The highest BCUT2D eigenvalue weighted by molar-refractivity contribution is 7.89. The number of hydrogen-bond donors (Lipinski definition) is 1. The zero-order chi connectivity index (χ0) is 25.4. The van der Waals surface area contributed by atoms with Crippen molar-refractivity contribution in [1.82, 2.24) is 9.73 Å². The van der Waals surface area contributed by atoms with Crippen molar-refractivity contribution in [3.63, 3.8) is 0 Å². The van der Waals surface area contributed by atoms with Crippen LogP contribution in [-0.2, 0) is 21.4 Å². The van der Waals surface area contributed by atoms with Crippen LogP contribution in [0, 0.1) is 6.92 Å². The van der Waals surface area contributed by atoms with E-state index in [2.05, 4.69) is 10.5 Å². The number of amides is 1. The summed E-state index contributed by atoms with van der Waals surface area (Å²) in [5.41, 5.74) is 4.53. The van der Waals surface area contributed by atoms with E-state index < -0.39 is 22.5 Å². The maximum atomic E-state index is 13.4. The molecule has 3 aromatic carbocycles. The van der Waals surface area contributed by atoms with Gasteiger partial charge in [-0.15, -0.1) is 0 Å². The molecule has 0 aromatic heterocycles. The molecule has 0 spiro atoms. The number of aryl methyl sites for hydroxylation is 1. The summed E-state index contributed by atoms with van der Waals surface area (Å²) in [5.74, 6) is 0.465. The topological polar surface area (TPSA) is 97.3 Å². The van der Waals surface area contributed by atoms with Crippen molar-refractivity contribution in [2.75, 3.05) is 20.8 Å². The first-order valence-corrected chi connectivity index (χ1v) is 12.4. The van der Waals surface area contributed by atoms with Crippen molar-refractivity contribution in [2.45, 2.75) is 18.4 Å². The molecule has 0 bridgehead atoms. The van der Waals surface area contributed by atoms with Crippen LogP contribution in [0.3, 0.4) is 0 Å². The number of hydrogen-bond acceptors (Lipinski definition) is 6. The summed E-state index contributed by atoms with van der Waals surface area (Å²) in [7, 11) is -0.941. The van der Waals surface area contributed by atoms with Crippen LogP contribution in [0.25, 0.3) is 0 Å². The van der Waals surface area contributed by atoms with Gasteiger partial charge in [0.2, 0.25) is 10.0 Å². The third-order valence-electron chi connectivity index (χ3n) is 5.09. The smallest absolute Gasteiger partial charge is 0.255 e. The number of halogens is 1. The Labute approximate surface area is 210 Å². The lowest BCUT2D eigenvalue weighted by Crippen LogP contribution is -2.39. The molecule has 184 valence electrons. The number of nitrogens with one attached hydrogen (secondary N) is 1. The standard InChI is InChI=1S/C25H26ClN3O5S/c1-18-8-11-21(12-9-18)35(31,32)29(16-20-6-4-5-7-22(20)26)17-25(30)28-27-15-19-10-13-23(33-2)24(14-19)34-3/h4-15H,16-17H2,1-3H3,(H,28,30)/b27-15-. The lowest BCUT2D eigenvalue weighted by molar-refractivity contribution is -0.121. The first kappa shape index (κ1) is 26.2. The zero-order valence-electron chi connectivity index (χ0n) is 19.6. The molecule has 0 aliphatic rings. The summed E-state index contributed by atoms with van der Waals surface area (Å²) in [6.45, 7) is 1.33. The van der Waals surface area contributed by atoms with Gasteiger partial charge < -0.3 is 9.47 Å². The highest BCUT2D eigenvalue weighted by atomic mass is 35.5. The van der Waals surface area contributed by atoms with Gasteiger partial charge in [-0.1, -0.05) is 47.5 Å². The summed E-state index contributed by atoms with van der Waals surface area (Å²) in [6, 6.07) is 18.5. The fourth-order valence-electron chi connectivity index (χ4n) is 3.21. The summed E-state index contributed by atoms with van der Waals surface area (Å²) in [4.78, 5) is 12.7. The normalized spacial score (nSPS) is 11.6. The minimum Gasteiger partial charge on any atom is -0.493 e. The maximum absolute atomic E-state index is 13.4. The molecule has 3 aromatic rings. The zero-order valence-corrected chi connectivity index (χ0v) is 21.1. The minimum absolute atomic E-state index is 0.0804. The van der Waals surface area contributed by atoms with E-state index in [0.29, 0.717) is 27.6 Å². The van der Waals surface area contributed by atoms with Crippen molar-refractivity contribution in [3.8, 4) is 11.5 Å². The van der Waals surface area contributed by atoms with Crippen LogP contribution in [0.5, 0.6) is 11.5 Å². The van der Waals surface area contributed by atoms with Gasteiger partial charge in [0.15, 0.2) is 11.5 Å². The van der Waals surface area contributed by atoms with Crippen molar-refractivity contribution in [3.05, 3.63) is 88.4 Å². The Balaban J connectivity index is 1.79. The number of methoxy groups -OCH3 is 2. The Kier molecular flexibility index (Phi) is 8.86. The molecule has 0 unspecified atom stereocenters. The predicted molar refractivity (Wildman–Crippen MR) is 136 cm³/mol. The highest BCUT2D eigenvalue weighted by Crippen LogP contribution is 2.27. The van der Waals surface area contributed by atoms with Crippen molar-refractivity contribution in [2.24, 2.45) is 5.10 Å². The molecule has 3 rings (SSSR count). The third kappa shape index (κ3) is 6.82. The molecule has 0 atom stereocenters. The second-order valence-electron chi connectivity index (χ2n) is 7.59. The van der Waals surface area contributed by atoms with E-state index in [1.54, 1.807) is 54.6 Å². The van der Waals surface area contributed by atoms with Gasteiger partial charge in [-0.25, -0.2) is 13.8 Å². The number of carbonyl (C=O) groups excluding carboxylic acids is 1. The maximum Gasteiger partial charge on any atom is 0.255 e. The van der Waals surface area contributed by atoms with Crippen LogP contribution in [0.1, 0.15) is 16.7 Å². The van der Waals surface area contributed by atoms with E-state index in [9.17, 15) is 13.2 Å². The number of rotatable bonds is 10. The Hall–Kier alpha value is -3.40. The fourth-order valence-corrected chi connectivity index (χ4v) is 4.78. The molecule has 35 heavy (non-hydrogen) atoms. The molecule has 8 nitrogen and oxygen atoms in total. The predicted octanol–water partition coefficient (Wildman–Crippen LogP) is 4.01. The first-order valence-electron chi connectivity index (χ1n) is 10.6. The number of nitrogens with zero attached hydrogens (tertiary/aromatic N) is 2. The van der Waals surface area contributed by atoms with Crippen molar-refractivity contribution >= 4 is 33.7 Å². The summed E-state index contributed by atoms with van der Waals surface area (Å²) >= 11 is 6.25.